The van der Waals surface area contributed by atoms with Crippen LogP contribution in [0.2, 0.25) is 0 Å². The summed E-state index contributed by atoms with van der Waals surface area (Å²) in [6, 6.07) is 10.4. The Labute approximate surface area is 139 Å². The normalized spacial score (nSPS) is 33.8. The van der Waals surface area contributed by atoms with Crippen LogP contribution in [0.25, 0.3) is 0 Å². The summed E-state index contributed by atoms with van der Waals surface area (Å²) in [6.45, 7) is 9.09. The van der Waals surface area contributed by atoms with E-state index in [1.54, 1.807) is 18.7 Å². The van der Waals surface area contributed by atoms with E-state index in [0.717, 1.165) is 6.42 Å². The zero-order chi connectivity index (χ0) is 16.0. The third kappa shape index (κ3) is 2.54. The molecule has 0 spiro atoms. The minimum atomic E-state index is 0.0987. The minimum absolute atomic E-state index is 0.0987. The molecule has 2 fully saturated rings. The summed E-state index contributed by atoms with van der Waals surface area (Å²) in [4.78, 5) is 13.5. The van der Waals surface area contributed by atoms with Crippen LogP contribution in [0.4, 0.5) is 0 Å². The summed E-state index contributed by atoms with van der Waals surface area (Å²) in [5.74, 6) is 0.332. The molecule has 0 heterocycles. The second-order valence-corrected chi connectivity index (χ2v) is 9.57. The SMILES string of the molecule is CC(=O)C(CC12CC1(C)CCCC2(C)C)Sc1ccccc1. The van der Waals surface area contributed by atoms with E-state index in [0.29, 0.717) is 22.0 Å². The van der Waals surface area contributed by atoms with E-state index in [-0.39, 0.29) is 5.25 Å². The molecule has 1 aromatic rings. The Balaban J connectivity index is 1.81. The smallest absolute Gasteiger partial charge is 0.143 e. The van der Waals surface area contributed by atoms with Crippen LogP contribution in [-0.2, 0) is 4.79 Å². The standard InChI is InChI=1S/C20H28OS/c1-15(21)17(22-16-9-6-5-7-10-16)13-20-14-19(20,4)12-8-11-18(20,2)3/h5-7,9-10,17H,8,11-14H2,1-4H3. The zero-order valence-corrected chi connectivity index (χ0v) is 15.1. The van der Waals surface area contributed by atoms with E-state index in [1.165, 1.54) is 30.6 Å². The van der Waals surface area contributed by atoms with Crippen molar-refractivity contribution in [2.75, 3.05) is 0 Å². The summed E-state index contributed by atoms with van der Waals surface area (Å²) >= 11 is 1.77. The van der Waals surface area contributed by atoms with Crippen LogP contribution in [0.1, 0.15) is 59.8 Å². The highest BCUT2D eigenvalue weighted by Crippen LogP contribution is 2.79. The zero-order valence-electron chi connectivity index (χ0n) is 14.3. The van der Waals surface area contributed by atoms with Gasteiger partial charge in [-0.05, 0) is 61.0 Å². The van der Waals surface area contributed by atoms with Gasteiger partial charge in [0.1, 0.15) is 5.78 Å². The Morgan fingerprint density at radius 3 is 2.45 bits per heavy atom. The molecule has 3 unspecified atom stereocenters. The van der Waals surface area contributed by atoms with Crippen LogP contribution >= 0.6 is 11.8 Å². The number of rotatable bonds is 5. The number of carbonyl (C=O) groups is 1. The predicted molar refractivity (Wildman–Crippen MR) is 94.2 cm³/mol. The molecule has 1 aromatic carbocycles. The first-order valence-corrected chi connectivity index (χ1v) is 9.40. The number of carbonyl (C=O) groups excluding carboxylic acids is 1. The molecular weight excluding hydrogens is 288 g/mol. The van der Waals surface area contributed by atoms with E-state index in [2.05, 4.69) is 45.0 Å². The van der Waals surface area contributed by atoms with Gasteiger partial charge in [0.15, 0.2) is 0 Å². The van der Waals surface area contributed by atoms with Crippen molar-refractivity contribution >= 4 is 17.5 Å². The molecule has 2 saturated carbocycles. The van der Waals surface area contributed by atoms with E-state index >= 15 is 0 Å². The van der Waals surface area contributed by atoms with Gasteiger partial charge in [-0.3, -0.25) is 4.79 Å². The minimum Gasteiger partial charge on any atom is -0.299 e. The lowest BCUT2D eigenvalue weighted by molar-refractivity contribution is -0.117. The van der Waals surface area contributed by atoms with Crippen molar-refractivity contribution in [3.63, 3.8) is 0 Å². The molecule has 0 amide bonds. The van der Waals surface area contributed by atoms with Crippen LogP contribution in [0.3, 0.4) is 0 Å². The van der Waals surface area contributed by atoms with E-state index in [1.807, 2.05) is 6.07 Å². The summed E-state index contributed by atoms with van der Waals surface area (Å²) in [5, 5.41) is 0.0987. The topological polar surface area (TPSA) is 17.1 Å². The third-order valence-corrected chi connectivity index (χ3v) is 7.88. The van der Waals surface area contributed by atoms with Crippen molar-refractivity contribution in [3.8, 4) is 0 Å². The number of Topliss-reactive ketones (excluding diaryl/α,β-unsaturated/α-hetero) is 1. The number of hydrogen-bond acceptors (Lipinski definition) is 2. The highest BCUT2D eigenvalue weighted by Gasteiger charge is 2.71. The van der Waals surface area contributed by atoms with Crippen molar-refractivity contribution in [1.82, 2.24) is 0 Å². The fourth-order valence-electron chi connectivity index (χ4n) is 5.01. The summed E-state index contributed by atoms with van der Waals surface area (Å²) < 4.78 is 0. The Morgan fingerprint density at radius 2 is 1.86 bits per heavy atom. The van der Waals surface area contributed by atoms with Gasteiger partial charge < -0.3 is 0 Å². The summed E-state index contributed by atoms with van der Waals surface area (Å²) in [6.07, 6.45) is 6.36. The van der Waals surface area contributed by atoms with Gasteiger partial charge in [0.2, 0.25) is 0 Å². The number of thioether (sulfide) groups is 1. The lowest BCUT2D eigenvalue weighted by Crippen LogP contribution is -2.37. The molecule has 0 bridgehead atoms. The van der Waals surface area contributed by atoms with Crippen molar-refractivity contribution in [2.24, 2.45) is 16.2 Å². The van der Waals surface area contributed by atoms with Gasteiger partial charge in [-0.25, -0.2) is 0 Å². The molecule has 0 N–H and O–H groups in total. The molecule has 2 aliphatic carbocycles. The summed E-state index contributed by atoms with van der Waals surface area (Å²) in [5.41, 5.74) is 1.21. The lowest BCUT2D eigenvalue weighted by Gasteiger charge is -2.44. The molecule has 3 rings (SSSR count). The first-order chi connectivity index (χ1) is 10.3. The van der Waals surface area contributed by atoms with Crippen molar-refractivity contribution < 1.29 is 4.79 Å². The van der Waals surface area contributed by atoms with Gasteiger partial charge in [-0.1, -0.05) is 45.4 Å². The number of benzene rings is 1. The molecule has 2 aliphatic rings. The quantitative estimate of drug-likeness (QED) is 0.645. The molecule has 0 radical (unpaired) electrons. The highest BCUT2D eigenvalue weighted by atomic mass is 32.2. The second kappa shape index (κ2) is 5.40. The van der Waals surface area contributed by atoms with Crippen LogP contribution in [0, 0.1) is 16.2 Å². The van der Waals surface area contributed by atoms with Gasteiger partial charge in [0, 0.05) is 4.90 Å². The average Bonchev–Trinajstić information content (AvgIpc) is 3.06. The van der Waals surface area contributed by atoms with Gasteiger partial charge >= 0.3 is 0 Å². The molecule has 0 aromatic heterocycles. The predicted octanol–water partition coefficient (Wildman–Crippen LogP) is 5.73. The van der Waals surface area contributed by atoms with Crippen molar-refractivity contribution in [2.45, 2.75) is 69.9 Å². The van der Waals surface area contributed by atoms with Crippen LogP contribution in [0.15, 0.2) is 35.2 Å². The Hall–Kier alpha value is -0.760. The van der Waals surface area contributed by atoms with E-state index in [4.69, 9.17) is 0 Å². The van der Waals surface area contributed by atoms with Crippen LogP contribution in [-0.4, -0.2) is 11.0 Å². The molecule has 2 heteroatoms. The largest absolute Gasteiger partial charge is 0.299 e. The van der Waals surface area contributed by atoms with Gasteiger partial charge in [-0.2, -0.15) is 0 Å². The summed E-state index contributed by atoms with van der Waals surface area (Å²) in [7, 11) is 0. The van der Waals surface area contributed by atoms with Crippen molar-refractivity contribution in [3.05, 3.63) is 30.3 Å². The molecule has 0 saturated heterocycles. The molecule has 1 nitrogen and oxygen atoms in total. The van der Waals surface area contributed by atoms with Gasteiger partial charge in [0.05, 0.1) is 5.25 Å². The maximum absolute atomic E-state index is 12.3. The number of fused-ring (bicyclic) bond motifs is 1. The molecule has 3 atom stereocenters. The molecular formula is C20H28OS. The van der Waals surface area contributed by atoms with E-state index < -0.39 is 0 Å². The van der Waals surface area contributed by atoms with Crippen LogP contribution < -0.4 is 0 Å². The maximum Gasteiger partial charge on any atom is 0.143 e. The number of hydrogen-bond donors (Lipinski definition) is 0. The second-order valence-electron chi connectivity index (χ2n) is 8.29. The molecule has 120 valence electrons. The first kappa shape index (κ1) is 16.1. The van der Waals surface area contributed by atoms with Gasteiger partial charge in [-0.15, -0.1) is 11.8 Å². The highest BCUT2D eigenvalue weighted by molar-refractivity contribution is 8.00. The Bertz CT molecular complexity index is 564. The maximum atomic E-state index is 12.3. The van der Waals surface area contributed by atoms with Crippen LogP contribution in [0.5, 0.6) is 0 Å². The molecule has 0 aliphatic heterocycles. The third-order valence-electron chi connectivity index (χ3n) is 6.56. The Morgan fingerprint density at radius 1 is 1.18 bits per heavy atom. The Kier molecular flexibility index (Phi) is 3.96. The van der Waals surface area contributed by atoms with Gasteiger partial charge in [0.25, 0.3) is 0 Å². The fraction of sp³-hybridized carbons (Fsp3) is 0.650. The lowest BCUT2D eigenvalue weighted by atomic mass is 9.62. The fourth-order valence-corrected chi connectivity index (χ4v) is 6.19. The number of ketones is 1. The molecule has 22 heavy (non-hydrogen) atoms. The average molecular weight is 317 g/mol. The van der Waals surface area contributed by atoms with E-state index in [9.17, 15) is 4.79 Å². The monoisotopic (exact) mass is 316 g/mol. The van der Waals surface area contributed by atoms with Crippen molar-refractivity contribution in [1.29, 1.82) is 0 Å². The first-order valence-electron chi connectivity index (χ1n) is 8.52.